The summed E-state index contributed by atoms with van der Waals surface area (Å²) in [6.45, 7) is 2.76. The molecule has 0 spiro atoms. The van der Waals surface area contributed by atoms with Crippen LogP contribution in [0.1, 0.15) is 35.7 Å². The third kappa shape index (κ3) is 5.73. The molecular formula is C29H30Cl2N4OS. The van der Waals surface area contributed by atoms with E-state index in [-0.39, 0.29) is 36.8 Å². The van der Waals surface area contributed by atoms with Crippen molar-refractivity contribution in [2.24, 2.45) is 5.92 Å². The molecule has 4 heterocycles. The lowest BCUT2D eigenvalue weighted by Gasteiger charge is -2.38. The summed E-state index contributed by atoms with van der Waals surface area (Å²) in [7, 11) is 0. The number of piperidine rings is 1. The Kier molecular flexibility index (Phi) is 8.98. The van der Waals surface area contributed by atoms with Gasteiger partial charge in [0.05, 0.1) is 27.9 Å². The molecule has 0 bridgehead atoms. The predicted molar refractivity (Wildman–Crippen MR) is 156 cm³/mol. The number of halogens is 2. The van der Waals surface area contributed by atoms with Crippen LogP contribution in [0.25, 0.3) is 11.7 Å². The van der Waals surface area contributed by atoms with Gasteiger partial charge in [0, 0.05) is 6.54 Å². The zero-order valence-corrected chi connectivity index (χ0v) is 22.8. The molecule has 6 rings (SSSR count). The molecule has 4 aromatic rings. The van der Waals surface area contributed by atoms with Crippen LogP contribution in [0.5, 0.6) is 0 Å². The number of thioether (sulfide) groups is 1. The van der Waals surface area contributed by atoms with Crippen LogP contribution < -0.4 is 5.32 Å². The molecule has 2 aliphatic rings. The number of pyridine rings is 1. The van der Waals surface area contributed by atoms with Gasteiger partial charge in [-0.2, -0.15) is 0 Å². The molecular weight excluding hydrogens is 523 g/mol. The molecule has 0 saturated carbocycles. The van der Waals surface area contributed by atoms with Crippen molar-refractivity contribution in [2.45, 2.75) is 23.9 Å². The van der Waals surface area contributed by atoms with Crippen molar-refractivity contribution in [1.82, 2.24) is 19.6 Å². The van der Waals surface area contributed by atoms with Crippen molar-refractivity contribution in [3.05, 3.63) is 107 Å². The molecule has 2 aromatic carbocycles. The first-order valence-corrected chi connectivity index (χ1v) is 13.1. The van der Waals surface area contributed by atoms with Crippen LogP contribution in [0.2, 0.25) is 0 Å². The molecule has 5 nitrogen and oxygen atoms in total. The number of amides is 1. The van der Waals surface area contributed by atoms with Crippen LogP contribution in [-0.2, 0) is 4.79 Å². The van der Waals surface area contributed by atoms with E-state index in [1.54, 1.807) is 0 Å². The first kappa shape index (κ1) is 27.3. The number of hydrogen-bond donors (Lipinski definition) is 1. The molecule has 37 heavy (non-hydrogen) atoms. The van der Waals surface area contributed by atoms with E-state index >= 15 is 0 Å². The molecule has 0 radical (unpaired) electrons. The highest BCUT2D eigenvalue weighted by atomic mass is 35.5. The van der Waals surface area contributed by atoms with E-state index in [1.807, 2.05) is 30.5 Å². The fraction of sp³-hybridized carbons (Fsp3) is 0.241. The lowest BCUT2D eigenvalue weighted by molar-refractivity contribution is -0.117. The Morgan fingerprint density at radius 1 is 0.919 bits per heavy atom. The van der Waals surface area contributed by atoms with E-state index in [0.717, 1.165) is 53.7 Å². The van der Waals surface area contributed by atoms with Crippen molar-refractivity contribution in [2.75, 3.05) is 19.6 Å². The molecule has 1 N–H and O–H groups in total. The van der Waals surface area contributed by atoms with Crippen molar-refractivity contribution in [3.8, 4) is 0 Å². The SMILES string of the molecule is Cl.Cl.O=C(NCC1CCN(C(c2ccccc2)c2ccccc2)CC1)C1=Cc2cnc3cccc(n23)S1. The van der Waals surface area contributed by atoms with Crippen LogP contribution in [0.3, 0.4) is 0 Å². The topological polar surface area (TPSA) is 49.6 Å². The van der Waals surface area contributed by atoms with Gasteiger partial charge in [0.25, 0.3) is 5.91 Å². The standard InChI is InChI=1S/C29H28N4OS.2ClH/c34-29(25-18-24-20-30-26-12-7-13-27(35-25)33(24)26)31-19-21-14-16-32(17-15-21)28(22-8-3-1-4-9-22)23-10-5-2-6-11-23;;/h1-13,18,20-21,28H,14-17,19H2,(H,31,34);2*1H. The lowest BCUT2D eigenvalue weighted by Crippen LogP contribution is -2.40. The van der Waals surface area contributed by atoms with E-state index in [4.69, 9.17) is 0 Å². The lowest BCUT2D eigenvalue weighted by atomic mass is 9.91. The summed E-state index contributed by atoms with van der Waals surface area (Å²) in [5, 5.41) is 4.24. The maximum Gasteiger partial charge on any atom is 0.258 e. The summed E-state index contributed by atoms with van der Waals surface area (Å²) >= 11 is 1.51. The second-order valence-corrected chi connectivity index (χ2v) is 10.3. The van der Waals surface area contributed by atoms with Crippen LogP contribution in [0, 0.1) is 5.92 Å². The van der Waals surface area contributed by atoms with E-state index in [1.165, 1.54) is 22.9 Å². The highest BCUT2D eigenvalue weighted by Crippen LogP contribution is 2.35. The third-order valence-electron chi connectivity index (χ3n) is 7.03. The van der Waals surface area contributed by atoms with Gasteiger partial charge in [-0.3, -0.25) is 14.1 Å². The van der Waals surface area contributed by atoms with Gasteiger partial charge in [0.2, 0.25) is 0 Å². The second kappa shape index (κ2) is 12.2. The van der Waals surface area contributed by atoms with Crippen LogP contribution >= 0.6 is 36.6 Å². The van der Waals surface area contributed by atoms with Crippen molar-refractivity contribution >= 4 is 54.2 Å². The maximum absolute atomic E-state index is 13.0. The molecule has 192 valence electrons. The normalized spacial score (nSPS) is 15.5. The van der Waals surface area contributed by atoms with Crippen LogP contribution in [0.4, 0.5) is 0 Å². The highest BCUT2D eigenvalue weighted by Gasteiger charge is 2.28. The number of benzene rings is 2. The van der Waals surface area contributed by atoms with Gasteiger partial charge in [0.1, 0.15) is 5.65 Å². The minimum absolute atomic E-state index is 0. The Labute approximate surface area is 234 Å². The van der Waals surface area contributed by atoms with Crippen LogP contribution in [-0.4, -0.2) is 39.8 Å². The Balaban J connectivity index is 0.00000160. The summed E-state index contributed by atoms with van der Waals surface area (Å²) < 4.78 is 2.09. The minimum atomic E-state index is 0. The fourth-order valence-corrected chi connectivity index (χ4v) is 6.23. The Morgan fingerprint density at radius 2 is 1.57 bits per heavy atom. The molecule has 8 heteroatoms. The first-order valence-electron chi connectivity index (χ1n) is 12.2. The van der Waals surface area contributed by atoms with Gasteiger partial charge in [0.15, 0.2) is 0 Å². The first-order chi connectivity index (χ1) is 17.3. The number of nitrogens with zero attached hydrogens (tertiary/aromatic N) is 3. The molecule has 0 atom stereocenters. The Bertz CT molecular complexity index is 1330. The van der Waals surface area contributed by atoms with Crippen LogP contribution in [0.15, 0.2) is 95.0 Å². The van der Waals surface area contributed by atoms with E-state index in [2.05, 4.69) is 80.3 Å². The summed E-state index contributed by atoms with van der Waals surface area (Å²) in [6, 6.07) is 27.8. The third-order valence-corrected chi connectivity index (χ3v) is 8.09. The van der Waals surface area contributed by atoms with Gasteiger partial charge < -0.3 is 5.32 Å². The number of nitrogens with one attached hydrogen (secondary N) is 1. The van der Waals surface area contributed by atoms with Gasteiger partial charge >= 0.3 is 0 Å². The number of carbonyl (C=O) groups is 1. The highest BCUT2D eigenvalue weighted by molar-refractivity contribution is 8.04. The zero-order chi connectivity index (χ0) is 23.6. The molecule has 1 amide bonds. The summed E-state index contributed by atoms with van der Waals surface area (Å²) in [4.78, 5) is 20.8. The number of imidazole rings is 1. The molecule has 0 aliphatic carbocycles. The summed E-state index contributed by atoms with van der Waals surface area (Å²) in [5.74, 6) is 0.499. The van der Waals surface area contributed by atoms with E-state index in [0.29, 0.717) is 5.92 Å². The summed E-state index contributed by atoms with van der Waals surface area (Å²) in [6.07, 6.45) is 5.93. The Morgan fingerprint density at radius 3 is 2.22 bits per heavy atom. The van der Waals surface area contributed by atoms with Gasteiger partial charge in [-0.25, -0.2) is 4.98 Å². The van der Waals surface area contributed by atoms with Crippen molar-refractivity contribution in [1.29, 1.82) is 0 Å². The van der Waals surface area contributed by atoms with Gasteiger partial charge in [-0.05, 0) is 61.2 Å². The molecule has 1 saturated heterocycles. The Hall–Kier alpha value is -2.77. The minimum Gasteiger partial charge on any atom is -0.351 e. The second-order valence-electron chi connectivity index (χ2n) is 9.26. The van der Waals surface area contributed by atoms with Gasteiger partial charge in [-0.1, -0.05) is 78.5 Å². The van der Waals surface area contributed by atoms with Crippen molar-refractivity contribution in [3.63, 3.8) is 0 Å². The molecule has 0 unspecified atom stereocenters. The number of carbonyl (C=O) groups excluding carboxylic acids is 1. The fourth-order valence-electron chi connectivity index (χ4n) is 5.22. The van der Waals surface area contributed by atoms with Gasteiger partial charge in [-0.15, -0.1) is 24.8 Å². The quantitative estimate of drug-likeness (QED) is 0.307. The number of aromatic nitrogens is 2. The summed E-state index contributed by atoms with van der Waals surface area (Å²) in [5.41, 5.74) is 4.54. The molecule has 2 aliphatic heterocycles. The monoisotopic (exact) mass is 552 g/mol. The number of rotatable bonds is 6. The molecule has 1 fully saturated rings. The smallest absolute Gasteiger partial charge is 0.258 e. The van der Waals surface area contributed by atoms with Crippen molar-refractivity contribution < 1.29 is 4.79 Å². The number of hydrogen-bond acceptors (Lipinski definition) is 4. The zero-order valence-electron chi connectivity index (χ0n) is 20.3. The van der Waals surface area contributed by atoms with E-state index < -0.39 is 0 Å². The predicted octanol–water partition coefficient (Wildman–Crippen LogP) is 6.24. The maximum atomic E-state index is 13.0. The molecule has 2 aromatic heterocycles. The number of likely N-dealkylation sites (tertiary alicyclic amines) is 1. The van der Waals surface area contributed by atoms with E-state index in [9.17, 15) is 4.79 Å². The average Bonchev–Trinajstić information content (AvgIpc) is 3.34. The largest absolute Gasteiger partial charge is 0.351 e. The average molecular weight is 554 g/mol.